The summed E-state index contributed by atoms with van der Waals surface area (Å²) in [5.41, 5.74) is 0.209. The quantitative estimate of drug-likeness (QED) is 0.895. The number of amides is 1. The molecule has 2 atom stereocenters. The third-order valence-corrected chi connectivity index (χ3v) is 4.74. The van der Waals surface area contributed by atoms with E-state index in [0.29, 0.717) is 11.8 Å². The van der Waals surface area contributed by atoms with Crippen LogP contribution in [-0.2, 0) is 0 Å². The van der Waals surface area contributed by atoms with E-state index < -0.39 is 5.97 Å². The first-order valence-electron chi connectivity index (χ1n) is 6.98. The molecule has 1 fully saturated rings. The summed E-state index contributed by atoms with van der Waals surface area (Å²) < 4.78 is 0. The van der Waals surface area contributed by atoms with E-state index in [1.807, 2.05) is 0 Å². The zero-order valence-corrected chi connectivity index (χ0v) is 12.6. The highest BCUT2D eigenvalue weighted by molar-refractivity contribution is 7.11. The van der Waals surface area contributed by atoms with E-state index in [1.54, 1.807) is 0 Å². The van der Waals surface area contributed by atoms with E-state index in [9.17, 15) is 9.59 Å². The smallest absolute Gasteiger partial charge is 0.365 e. The molecule has 2 N–H and O–H groups in total. The molecule has 2 unspecified atom stereocenters. The molecule has 110 valence electrons. The first-order chi connectivity index (χ1) is 9.49. The maximum atomic E-state index is 12.2. The minimum absolute atomic E-state index is 0.0424. The number of thiazole rings is 1. The second-order valence-electron chi connectivity index (χ2n) is 5.62. The van der Waals surface area contributed by atoms with Gasteiger partial charge in [0.1, 0.15) is 5.69 Å². The van der Waals surface area contributed by atoms with Crippen LogP contribution in [0.2, 0.25) is 0 Å². The monoisotopic (exact) mass is 296 g/mol. The number of aromatic carboxylic acids is 1. The van der Waals surface area contributed by atoms with Crippen molar-refractivity contribution in [2.24, 2.45) is 11.8 Å². The van der Waals surface area contributed by atoms with Gasteiger partial charge in [0, 0.05) is 11.4 Å². The molecule has 0 radical (unpaired) electrons. The van der Waals surface area contributed by atoms with Crippen LogP contribution >= 0.6 is 11.3 Å². The fourth-order valence-corrected chi connectivity index (χ4v) is 3.49. The van der Waals surface area contributed by atoms with Gasteiger partial charge < -0.3 is 10.4 Å². The lowest BCUT2D eigenvalue weighted by molar-refractivity contribution is 0.0696. The molecule has 1 aliphatic rings. The minimum atomic E-state index is -1.09. The highest BCUT2D eigenvalue weighted by Gasteiger charge is 2.29. The molecule has 2 rings (SSSR count). The van der Waals surface area contributed by atoms with Gasteiger partial charge in [-0.15, -0.1) is 11.3 Å². The van der Waals surface area contributed by atoms with Gasteiger partial charge in [0.15, 0.2) is 0 Å². The van der Waals surface area contributed by atoms with E-state index >= 15 is 0 Å². The van der Waals surface area contributed by atoms with Gasteiger partial charge in [-0.1, -0.05) is 26.7 Å². The molecule has 1 saturated carbocycles. The van der Waals surface area contributed by atoms with Crippen molar-refractivity contribution in [2.45, 2.75) is 45.6 Å². The second-order valence-corrected chi connectivity index (χ2v) is 6.47. The molecule has 1 aromatic rings. The molecule has 0 aromatic carbocycles. The Kier molecular flexibility index (Phi) is 4.75. The third-order valence-electron chi connectivity index (χ3n) is 3.91. The van der Waals surface area contributed by atoms with Crippen molar-refractivity contribution in [3.63, 3.8) is 0 Å². The molecular formula is C14H20N2O3S. The number of carbonyl (C=O) groups is 2. The van der Waals surface area contributed by atoms with Crippen LogP contribution in [-0.4, -0.2) is 28.0 Å². The number of carboxylic acids is 1. The topological polar surface area (TPSA) is 79.3 Å². The molecule has 6 heteroatoms. The molecule has 1 aliphatic carbocycles. The lowest BCUT2D eigenvalue weighted by Crippen LogP contribution is -2.44. The number of hydrogen-bond donors (Lipinski definition) is 2. The summed E-state index contributed by atoms with van der Waals surface area (Å²) in [5, 5.41) is 13.3. The Morgan fingerprint density at radius 1 is 1.40 bits per heavy atom. The molecule has 1 amide bonds. The Labute approximate surface area is 122 Å². The minimum Gasteiger partial charge on any atom is -0.476 e. The van der Waals surface area contributed by atoms with Crippen LogP contribution in [0.4, 0.5) is 0 Å². The zero-order chi connectivity index (χ0) is 14.7. The van der Waals surface area contributed by atoms with Gasteiger partial charge in [0.2, 0.25) is 5.01 Å². The third kappa shape index (κ3) is 3.36. The van der Waals surface area contributed by atoms with Crippen molar-refractivity contribution >= 4 is 23.2 Å². The first kappa shape index (κ1) is 15.0. The van der Waals surface area contributed by atoms with E-state index in [1.165, 1.54) is 11.8 Å². The summed E-state index contributed by atoms with van der Waals surface area (Å²) in [6, 6.07) is 0.172. The maximum absolute atomic E-state index is 12.2. The molecule has 0 aliphatic heterocycles. The van der Waals surface area contributed by atoms with Crippen LogP contribution in [0.15, 0.2) is 5.38 Å². The van der Waals surface area contributed by atoms with Crippen LogP contribution < -0.4 is 5.32 Å². The number of carboxylic acid groups (broad SMARTS) is 1. The van der Waals surface area contributed by atoms with Crippen molar-refractivity contribution in [3.05, 3.63) is 16.1 Å². The summed E-state index contributed by atoms with van der Waals surface area (Å²) in [7, 11) is 0. The van der Waals surface area contributed by atoms with Gasteiger partial charge in [-0.25, -0.2) is 9.78 Å². The zero-order valence-electron chi connectivity index (χ0n) is 11.8. The molecular weight excluding hydrogens is 276 g/mol. The normalized spacial score (nSPS) is 22.8. The van der Waals surface area contributed by atoms with E-state index in [-0.39, 0.29) is 22.7 Å². The van der Waals surface area contributed by atoms with Gasteiger partial charge >= 0.3 is 5.97 Å². The SMILES string of the molecule is CC(C)C1CCCCC1NC(=O)c1csc(C(=O)O)n1. The number of nitrogens with one attached hydrogen (secondary N) is 1. The number of carbonyl (C=O) groups excluding carboxylic acids is 1. The predicted octanol–water partition coefficient (Wildman–Crippen LogP) is 2.79. The highest BCUT2D eigenvalue weighted by atomic mass is 32.1. The largest absolute Gasteiger partial charge is 0.476 e. The van der Waals surface area contributed by atoms with Crippen molar-refractivity contribution in [2.75, 3.05) is 0 Å². The number of rotatable bonds is 4. The predicted molar refractivity (Wildman–Crippen MR) is 77.1 cm³/mol. The number of aromatic nitrogens is 1. The Hall–Kier alpha value is -1.43. The fourth-order valence-electron chi connectivity index (χ4n) is 2.86. The summed E-state index contributed by atoms with van der Waals surface area (Å²) in [5.74, 6) is -0.325. The first-order valence-corrected chi connectivity index (χ1v) is 7.86. The average molecular weight is 296 g/mol. The molecule has 1 aromatic heterocycles. The van der Waals surface area contributed by atoms with Gasteiger partial charge in [-0.2, -0.15) is 0 Å². The van der Waals surface area contributed by atoms with Crippen molar-refractivity contribution < 1.29 is 14.7 Å². The standard InChI is InChI=1S/C14H20N2O3S/c1-8(2)9-5-3-4-6-10(9)15-12(17)11-7-20-13(16-11)14(18)19/h7-10H,3-6H2,1-2H3,(H,15,17)(H,18,19). The van der Waals surface area contributed by atoms with Crippen LogP contribution in [0.25, 0.3) is 0 Å². The summed E-state index contributed by atoms with van der Waals surface area (Å²) >= 11 is 0.984. The van der Waals surface area contributed by atoms with Crippen molar-refractivity contribution in [1.82, 2.24) is 10.3 Å². The Balaban J connectivity index is 2.03. The van der Waals surface area contributed by atoms with E-state index in [4.69, 9.17) is 5.11 Å². The molecule has 5 nitrogen and oxygen atoms in total. The number of hydrogen-bond acceptors (Lipinski definition) is 4. The lowest BCUT2D eigenvalue weighted by atomic mass is 9.78. The Bertz CT molecular complexity index is 498. The summed E-state index contributed by atoms with van der Waals surface area (Å²) in [4.78, 5) is 26.8. The average Bonchev–Trinajstić information content (AvgIpc) is 2.89. The maximum Gasteiger partial charge on any atom is 0.365 e. The summed E-state index contributed by atoms with van der Waals surface area (Å²) in [6.45, 7) is 4.36. The fraction of sp³-hybridized carbons (Fsp3) is 0.643. The molecule has 0 bridgehead atoms. The van der Waals surface area contributed by atoms with Crippen molar-refractivity contribution in [3.8, 4) is 0 Å². The van der Waals surface area contributed by atoms with Crippen LogP contribution in [0.5, 0.6) is 0 Å². The van der Waals surface area contributed by atoms with Gasteiger partial charge in [-0.05, 0) is 24.7 Å². The van der Waals surface area contributed by atoms with Gasteiger partial charge in [0.25, 0.3) is 5.91 Å². The Morgan fingerprint density at radius 3 is 2.70 bits per heavy atom. The second kappa shape index (κ2) is 6.35. The molecule has 1 heterocycles. The van der Waals surface area contributed by atoms with E-state index in [2.05, 4.69) is 24.1 Å². The lowest BCUT2D eigenvalue weighted by Gasteiger charge is -2.34. The molecule has 0 saturated heterocycles. The summed E-state index contributed by atoms with van der Waals surface area (Å²) in [6.07, 6.45) is 4.48. The highest BCUT2D eigenvalue weighted by Crippen LogP contribution is 2.30. The van der Waals surface area contributed by atoms with Crippen LogP contribution in [0.3, 0.4) is 0 Å². The van der Waals surface area contributed by atoms with E-state index in [0.717, 1.165) is 30.6 Å². The van der Waals surface area contributed by atoms with Gasteiger partial charge in [0.05, 0.1) is 0 Å². The number of nitrogens with zero attached hydrogens (tertiary/aromatic N) is 1. The van der Waals surface area contributed by atoms with Crippen LogP contribution in [0.1, 0.15) is 59.8 Å². The molecule has 0 spiro atoms. The molecule has 20 heavy (non-hydrogen) atoms. The Morgan fingerprint density at radius 2 is 2.10 bits per heavy atom. The van der Waals surface area contributed by atoms with Gasteiger partial charge in [-0.3, -0.25) is 4.79 Å². The van der Waals surface area contributed by atoms with Crippen molar-refractivity contribution in [1.29, 1.82) is 0 Å². The van der Waals surface area contributed by atoms with Crippen LogP contribution in [0, 0.1) is 11.8 Å².